The van der Waals surface area contributed by atoms with Gasteiger partial charge in [0.1, 0.15) is 6.04 Å². The van der Waals surface area contributed by atoms with Crippen molar-refractivity contribution in [2.24, 2.45) is 5.92 Å². The van der Waals surface area contributed by atoms with Crippen LogP contribution in [0.1, 0.15) is 30.6 Å². The van der Waals surface area contributed by atoms with Crippen molar-refractivity contribution >= 4 is 54.1 Å². The van der Waals surface area contributed by atoms with Gasteiger partial charge in [0.2, 0.25) is 5.91 Å². The van der Waals surface area contributed by atoms with Crippen molar-refractivity contribution in [2.75, 3.05) is 27.7 Å². The molecule has 0 saturated carbocycles. The summed E-state index contributed by atoms with van der Waals surface area (Å²) in [4.78, 5) is 51.4. The normalized spacial score (nSPS) is 19.0. The topological polar surface area (TPSA) is 123 Å². The lowest BCUT2D eigenvalue weighted by atomic mass is 9.72. The van der Waals surface area contributed by atoms with Crippen LogP contribution in [0, 0.1) is 5.92 Å². The van der Waals surface area contributed by atoms with E-state index >= 15 is 0 Å². The number of nitrogens with one attached hydrogen (secondary N) is 2. The molecule has 2 rings (SSSR count). The molecule has 1 fully saturated rings. The monoisotopic (exact) mass is 515 g/mol. The standard InChI is InChI=1S/C21H28BCl2N3O7/c1-11(2)8-15(22-33-18(21(31)32-5)17(27(3)4)20(30)34-22)26-16(28)10-25-19(29)13-9-12(23)6-7-14(13)24/h6-7,9,11,15,17-18H,8,10H2,1-5H3,(H,25,29)(H,26,28)/t15-,17?,18+/m0/s1. The van der Waals surface area contributed by atoms with Gasteiger partial charge in [-0.1, -0.05) is 37.0 Å². The Morgan fingerprint density at radius 2 is 1.91 bits per heavy atom. The zero-order chi connectivity index (χ0) is 25.6. The Morgan fingerprint density at radius 3 is 2.50 bits per heavy atom. The van der Waals surface area contributed by atoms with Crippen molar-refractivity contribution < 1.29 is 33.2 Å². The molecule has 1 aliphatic heterocycles. The quantitative estimate of drug-likeness (QED) is 0.373. The predicted octanol–water partition coefficient (Wildman–Crippen LogP) is 1.33. The highest BCUT2D eigenvalue weighted by molar-refractivity contribution is 6.50. The van der Waals surface area contributed by atoms with E-state index in [4.69, 9.17) is 37.2 Å². The summed E-state index contributed by atoms with van der Waals surface area (Å²) >= 11 is 11.9. The molecular weight excluding hydrogens is 488 g/mol. The van der Waals surface area contributed by atoms with Crippen LogP contribution in [-0.4, -0.2) is 81.6 Å². The van der Waals surface area contributed by atoms with Crippen molar-refractivity contribution in [2.45, 2.75) is 38.4 Å². The fourth-order valence-corrected chi connectivity index (χ4v) is 3.82. The van der Waals surface area contributed by atoms with Gasteiger partial charge in [0.05, 0.1) is 30.2 Å². The highest BCUT2D eigenvalue weighted by Crippen LogP contribution is 2.22. The number of rotatable bonds is 9. The summed E-state index contributed by atoms with van der Waals surface area (Å²) < 4.78 is 16.0. The Balaban J connectivity index is 2.10. The molecule has 1 saturated heterocycles. The third-order valence-corrected chi connectivity index (χ3v) is 5.58. The Hall–Kier alpha value is -2.34. The van der Waals surface area contributed by atoms with E-state index in [1.54, 1.807) is 14.1 Å². The summed E-state index contributed by atoms with van der Waals surface area (Å²) in [5.41, 5.74) is 0.126. The zero-order valence-corrected chi connectivity index (χ0v) is 21.1. The molecule has 0 aliphatic carbocycles. The average Bonchev–Trinajstić information content (AvgIpc) is 2.76. The maximum atomic E-state index is 12.6. The molecule has 1 aromatic rings. The number of benzene rings is 1. The second-order valence-electron chi connectivity index (χ2n) is 8.40. The minimum absolute atomic E-state index is 0.0793. The Bertz CT molecular complexity index is 932. The van der Waals surface area contributed by atoms with Crippen LogP contribution in [0.25, 0.3) is 0 Å². The minimum Gasteiger partial charge on any atom is -0.507 e. The fraction of sp³-hybridized carbons (Fsp3) is 0.524. The number of ether oxygens (including phenoxy) is 1. The van der Waals surface area contributed by atoms with Crippen LogP contribution in [0.15, 0.2) is 18.2 Å². The number of carbonyl (C=O) groups excluding carboxylic acids is 4. The van der Waals surface area contributed by atoms with Crippen LogP contribution in [0.2, 0.25) is 10.0 Å². The van der Waals surface area contributed by atoms with Crippen LogP contribution >= 0.6 is 23.2 Å². The van der Waals surface area contributed by atoms with Crippen LogP contribution in [-0.2, 0) is 28.4 Å². The second kappa shape index (κ2) is 12.4. The molecule has 13 heteroatoms. The molecule has 0 spiro atoms. The highest BCUT2D eigenvalue weighted by atomic mass is 35.5. The van der Waals surface area contributed by atoms with Gasteiger partial charge in [-0.25, -0.2) is 4.79 Å². The Morgan fingerprint density at radius 1 is 1.24 bits per heavy atom. The minimum atomic E-state index is -1.23. The largest absolute Gasteiger partial charge is 0.552 e. The van der Waals surface area contributed by atoms with E-state index in [-0.39, 0.29) is 23.0 Å². The van der Waals surface area contributed by atoms with Gasteiger partial charge >= 0.3 is 19.1 Å². The van der Waals surface area contributed by atoms with E-state index < -0.39 is 49.0 Å². The van der Waals surface area contributed by atoms with Gasteiger partial charge in [0.25, 0.3) is 5.91 Å². The van der Waals surface area contributed by atoms with Crippen LogP contribution < -0.4 is 10.6 Å². The Labute approximate surface area is 208 Å². The molecule has 1 unspecified atom stereocenters. The van der Waals surface area contributed by atoms with Gasteiger partial charge in [0, 0.05) is 5.02 Å². The molecule has 0 aromatic heterocycles. The number of esters is 1. The molecule has 1 aliphatic rings. The lowest BCUT2D eigenvalue weighted by Crippen LogP contribution is -2.64. The van der Waals surface area contributed by atoms with Gasteiger partial charge in [-0.3, -0.25) is 19.3 Å². The number of methoxy groups -OCH3 is 1. The average molecular weight is 516 g/mol. The van der Waals surface area contributed by atoms with E-state index in [0.29, 0.717) is 11.4 Å². The first kappa shape index (κ1) is 27.9. The molecule has 2 amide bonds. The molecule has 1 heterocycles. The number of halogens is 2. The van der Waals surface area contributed by atoms with Crippen LogP contribution in [0.3, 0.4) is 0 Å². The lowest BCUT2D eigenvalue weighted by Gasteiger charge is -2.38. The summed E-state index contributed by atoms with van der Waals surface area (Å²) in [6.07, 6.45) is -0.861. The predicted molar refractivity (Wildman–Crippen MR) is 126 cm³/mol. The lowest BCUT2D eigenvalue weighted by molar-refractivity contribution is -0.167. The number of carbonyl (C=O) groups is 4. The second-order valence-corrected chi connectivity index (χ2v) is 9.25. The smallest absolute Gasteiger partial charge is 0.507 e. The third-order valence-electron chi connectivity index (χ3n) is 5.01. The molecule has 186 valence electrons. The highest BCUT2D eigenvalue weighted by Gasteiger charge is 2.51. The summed E-state index contributed by atoms with van der Waals surface area (Å²) in [5.74, 6) is -3.25. The number of amides is 2. The van der Waals surface area contributed by atoms with Crippen molar-refractivity contribution in [3.05, 3.63) is 33.8 Å². The van der Waals surface area contributed by atoms with Gasteiger partial charge < -0.3 is 24.7 Å². The molecular formula is C21H28BCl2N3O7. The van der Waals surface area contributed by atoms with Crippen molar-refractivity contribution in [1.29, 1.82) is 0 Å². The van der Waals surface area contributed by atoms with Crippen LogP contribution in [0.4, 0.5) is 0 Å². The van der Waals surface area contributed by atoms with Crippen molar-refractivity contribution in [1.82, 2.24) is 15.5 Å². The first-order valence-electron chi connectivity index (χ1n) is 10.6. The molecule has 3 atom stereocenters. The molecule has 34 heavy (non-hydrogen) atoms. The number of hydrogen-bond donors (Lipinski definition) is 2. The van der Waals surface area contributed by atoms with Crippen molar-refractivity contribution in [3.8, 4) is 0 Å². The molecule has 10 nitrogen and oxygen atoms in total. The van der Waals surface area contributed by atoms with E-state index in [9.17, 15) is 19.2 Å². The Kier molecular flexibility index (Phi) is 10.2. The van der Waals surface area contributed by atoms with Gasteiger partial charge in [0.15, 0.2) is 6.10 Å². The number of hydrogen-bond acceptors (Lipinski definition) is 8. The van der Waals surface area contributed by atoms with E-state index in [1.165, 1.54) is 30.2 Å². The summed E-state index contributed by atoms with van der Waals surface area (Å²) in [6, 6.07) is 3.41. The third kappa shape index (κ3) is 7.33. The fourth-order valence-electron chi connectivity index (χ4n) is 3.44. The first-order valence-corrected chi connectivity index (χ1v) is 11.3. The summed E-state index contributed by atoms with van der Waals surface area (Å²) in [7, 11) is 3.18. The zero-order valence-electron chi connectivity index (χ0n) is 19.6. The summed E-state index contributed by atoms with van der Waals surface area (Å²) in [5, 5.41) is 5.69. The van der Waals surface area contributed by atoms with Gasteiger partial charge in [-0.05, 0) is 44.6 Å². The van der Waals surface area contributed by atoms with Gasteiger partial charge in [-0.2, -0.15) is 0 Å². The number of likely N-dealkylation sites (N-methyl/N-ethyl adjacent to an activating group) is 1. The van der Waals surface area contributed by atoms with E-state index in [1.807, 2.05) is 13.8 Å². The molecule has 0 radical (unpaired) electrons. The molecule has 1 aromatic carbocycles. The van der Waals surface area contributed by atoms with Crippen LogP contribution in [0.5, 0.6) is 0 Å². The molecule has 0 bridgehead atoms. The summed E-state index contributed by atoms with van der Waals surface area (Å²) in [6.45, 7) is 3.44. The molecule has 2 N–H and O–H groups in total. The van der Waals surface area contributed by atoms with Crippen molar-refractivity contribution in [3.63, 3.8) is 0 Å². The van der Waals surface area contributed by atoms with E-state index in [0.717, 1.165) is 0 Å². The maximum absolute atomic E-state index is 12.6. The SMILES string of the molecule is COC(=O)[C@@H]1OB([C@H](CC(C)C)NC(=O)CNC(=O)c2cc(Cl)ccc2Cl)OC(=O)C1N(C)C. The number of nitrogens with zero attached hydrogens (tertiary/aromatic N) is 1. The van der Waals surface area contributed by atoms with Gasteiger partial charge in [-0.15, -0.1) is 0 Å². The first-order chi connectivity index (χ1) is 15.9. The van der Waals surface area contributed by atoms with E-state index in [2.05, 4.69) is 10.6 Å². The maximum Gasteiger partial charge on any atom is 0.552 e.